The van der Waals surface area contributed by atoms with Crippen LogP contribution in [0.3, 0.4) is 0 Å². The van der Waals surface area contributed by atoms with Crippen LogP contribution >= 0.6 is 12.2 Å². The molecule has 0 heterocycles. The normalized spacial score (nSPS) is 13.5. The molecule has 0 spiro atoms. The number of hydrogen-bond acceptors (Lipinski definition) is 5. The molecule has 0 unspecified atom stereocenters. The van der Waals surface area contributed by atoms with Crippen LogP contribution in [0, 0.1) is 0 Å². The number of hydrogen-bond donors (Lipinski definition) is 4. The molecule has 156 valence electrons. The maximum absolute atomic E-state index is 11.2. The zero-order valence-corrected chi connectivity index (χ0v) is 18.4. The summed E-state index contributed by atoms with van der Waals surface area (Å²) in [7, 11) is -8.11. The summed E-state index contributed by atoms with van der Waals surface area (Å²) in [5, 5.41) is 6.50. The van der Waals surface area contributed by atoms with Crippen molar-refractivity contribution in [1.29, 1.82) is 0 Å². The van der Waals surface area contributed by atoms with Gasteiger partial charge >= 0.3 is 0 Å². The van der Waals surface area contributed by atoms with Crippen LogP contribution in [0.4, 0.5) is 0 Å². The van der Waals surface area contributed by atoms with Crippen LogP contribution in [0.15, 0.2) is 0 Å². The fraction of sp³-hybridized carbons (Fsp3) is 0.933. The Hall–Kier alpha value is -0.490. The minimum atomic E-state index is -4.06. The molecule has 0 aromatic heterocycles. The molecule has 0 aliphatic carbocycles. The Bertz CT molecular complexity index is 601. The van der Waals surface area contributed by atoms with E-state index in [1.807, 2.05) is 0 Å². The monoisotopic (exact) mass is 432 g/mol. The molecule has 0 aromatic carbocycles. The fourth-order valence-corrected chi connectivity index (χ4v) is 3.08. The highest BCUT2D eigenvalue weighted by molar-refractivity contribution is 7.87. The van der Waals surface area contributed by atoms with Crippen molar-refractivity contribution in [3.8, 4) is 0 Å². The first kappa shape index (κ1) is 25.5. The average Bonchev–Trinajstić information content (AvgIpc) is 2.43. The molecule has 0 aliphatic heterocycles. The third-order valence-corrected chi connectivity index (χ3v) is 7.87. The lowest BCUT2D eigenvalue weighted by Gasteiger charge is -2.21. The van der Waals surface area contributed by atoms with Crippen molar-refractivity contribution < 1.29 is 25.9 Å². The van der Waals surface area contributed by atoms with Gasteiger partial charge in [0.2, 0.25) is 0 Å². The summed E-state index contributed by atoms with van der Waals surface area (Å²) < 4.78 is 60.6. The zero-order chi connectivity index (χ0) is 20.6. The van der Waals surface area contributed by atoms with Gasteiger partial charge in [-0.05, 0) is 65.6 Å². The van der Waals surface area contributed by atoms with E-state index in [2.05, 4.69) is 10.6 Å². The predicted octanol–water partition coefficient (Wildman–Crippen LogP) is 2.12. The van der Waals surface area contributed by atoms with Crippen molar-refractivity contribution in [1.82, 2.24) is 10.6 Å². The lowest BCUT2D eigenvalue weighted by Crippen LogP contribution is -2.37. The van der Waals surface area contributed by atoms with Crippen molar-refractivity contribution >= 4 is 37.6 Å². The Morgan fingerprint density at radius 1 is 0.769 bits per heavy atom. The van der Waals surface area contributed by atoms with E-state index in [9.17, 15) is 16.8 Å². The van der Waals surface area contributed by atoms with E-state index in [0.29, 0.717) is 56.7 Å². The molecule has 0 amide bonds. The summed E-state index contributed by atoms with van der Waals surface area (Å²) in [6.07, 6.45) is 3.40. The maximum Gasteiger partial charge on any atom is 0.270 e. The molecule has 11 heteroatoms. The first-order chi connectivity index (χ1) is 11.6. The van der Waals surface area contributed by atoms with Crippen LogP contribution in [0.2, 0.25) is 0 Å². The van der Waals surface area contributed by atoms with E-state index < -0.39 is 29.7 Å². The van der Waals surface area contributed by atoms with Crippen molar-refractivity contribution in [2.75, 3.05) is 13.1 Å². The summed E-state index contributed by atoms with van der Waals surface area (Å²) >= 11 is 5.12. The van der Waals surface area contributed by atoms with Crippen molar-refractivity contribution in [2.45, 2.75) is 75.7 Å². The Kier molecular flexibility index (Phi) is 9.97. The van der Waals surface area contributed by atoms with Gasteiger partial charge in [0.05, 0.1) is 9.49 Å². The molecule has 26 heavy (non-hydrogen) atoms. The first-order valence-corrected chi connectivity index (χ1v) is 11.8. The van der Waals surface area contributed by atoms with Crippen molar-refractivity contribution in [3.05, 3.63) is 0 Å². The molecule has 0 aliphatic rings. The summed E-state index contributed by atoms with van der Waals surface area (Å²) in [5.74, 6) is 0. The maximum atomic E-state index is 11.2. The van der Waals surface area contributed by atoms with Crippen LogP contribution in [0.1, 0.15) is 66.2 Å². The van der Waals surface area contributed by atoms with Gasteiger partial charge in [-0.3, -0.25) is 9.11 Å². The second-order valence-electron chi connectivity index (χ2n) is 7.57. The average molecular weight is 433 g/mol. The summed E-state index contributed by atoms with van der Waals surface area (Å²) in [4.78, 5) is 0. The minimum Gasteiger partial charge on any atom is -0.363 e. The molecule has 0 atom stereocenters. The number of unbranched alkanes of at least 4 members (excludes halogenated alkanes) is 2. The van der Waals surface area contributed by atoms with Crippen LogP contribution in [0.25, 0.3) is 0 Å². The van der Waals surface area contributed by atoms with Gasteiger partial charge in [-0.2, -0.15) is 16.8 Å². The molecular weight excluding hydrogens is 400 g/mol. The summed E-state index contributed by atoms with van der Waals surface area (Å²) in [6, 6.07) is 0. The van der Waals surface area contributed by atoms with Crippen LogP contribution in [0.5, 0.6) is 0 Å². The third-order valence-electron chi connectivity index (χ3n) is 4.38. The standard InChI is InChI=1S/C15H32N2O6S3/c1-14(2,25(18,19)20)9-5-7-11-16-13(24)17-12-8-6-10-15(3,4)26(21,22)23/h5-12H2,1-4H3,(H2,16,17,24)(H,18,19,20)(H,21,22,23). The molecule has 0 radical (unpaired) electrons. The van der Waals surface area contributed by atoms with E-state index in [1.54, 1.807) is 0 Å². The highest BCUT2D eigenvalue weighted by Crippen LogP contribution is 2.22. The number of nitrogens with one attached hydrogen (secondary N) is 2. The van der Waals surface area contributed by atoms with Gasteiger partial charge in [0.25, 0.3) is 20.2 Å². The quantitative estimate of drug-likeness (QED) is 0.208. The smallest absolute Gasteiger partial charge is 0.270 e. The van der Waals surface area contributed by atoms with Crippen molar-refractivity contribution in [2.24, 2.45) is 0 Å². The van der Waals surface area contributed by atoms with Gasteiger partial charge < -0.3 is 10.6 Å². The Morgan fingerprint density at radius 3 is 1.35 bits per heavy atom. The van der Waals surface area contributed by atoms with Gasteiger partial charge in [-0.1, -0.05) is 12.8 Å². The Balaban J connectivity index is 3.83. The Labute approximate surface area is 163 Å². The lowest BCUT2D eigenvalue weighted by molar-refractivity contribution is 0.424. The predicted molar refractivity (Wildman–Crippen MR) is 108 cm³/mol. The fourth-order valence-electron chi connectivity index (χ4n) is 2.08. The lowest BCUT2D eigenvalue weighted by atomic mass is 10.1. The topological polar surface area (TPSA) is 133 Å². The van der Waals surface area contributed by atoms with E-state index >= 15 is 0 Å². The van der Waals surface area contributed by atoms with Crippen LogP contribution < -0.4 is 10.6 Å². The zero-order valence-electron chi connectivity index (χ0n) is 15.9. The molecule has 0 saturated heterocycles. The van der Waals surface area contributed by atoms with E-state index in [1.165, 1.54) is 27.7 Å². The molecule has 0 fully saturated rings. The second kappa shape index (κ2) is 10.2. The molecule has 0 rings (SSSR count). The Morgan fingerprint density at radius 2 is 1.08 bits per heavy atom. The first-order valence-electron chi connectivity index (χ1n) is 8.56. The van der Waals surface area contributed by atoms with Gasteiger partial charge in [0, 0.05) is 13.1 Å². The molecule has 4 N–H and O–H groups in total. The highest BCUT2D eigenvalue weighted by Gasteiger charge is 2.32. The molecule has 8 nitrogen and oxygen atoms in total. The van der Waals surface area contributed by atoms with E-state index in [0.717, 1.165) is 0 Å². The van der Waals surface area contributed by atoms with Gasteiger partial charge in [-0.25, -0.2) is 0 Å². The molecular formula is C15H32N2O6S3. The third kappa shape index (κ3) is 9.45. The van der Waals surface area contributed by atoms with Crippen LogP contribution in [-0.2, 0) is 20.2 Å². The van der Waals surface area contributed by atoms with Gasteiger partial charge in [0.15, 0.2) is 5.11 Å². The molecule has 0 aromatic rings. The SMILES string of the molecule is CC(C)(CCCCNC(=S)NCCCCC(C)(C)S(=O)(=O)O)S(=O)(=O)O. The van der Waals surface area contributed by atoms with Gasteiger partial charge in [0.1, 0.15) is 0 Å². The number of rotatable bonds is 12. The van der Waals surface area contributed by atoms with Crippen LogP contribution in [-0.4, -0.2) is 53.6 Å². The minimum absolute atomic E-state index is 0.358. The van der Waals surface area contributed by atoms with Gasteiger partial charge in [-0.15, -0.1) is 0 Å². The summed E-state index contributed by atoms with van der Waals surface area (Å²) in [5.41, 5.74) is 0. The molecule has 0 saturated carbocycles. The van der Waals surface area contributed by atoms with E-state index in [-0.39, 0.29) is 0 Å². The second-order valence-corrected chi connectivity index (χ2v) is 12.1. The largest absolute Gasteiger partial charge is 0.363 e. The van der Waals surface area contributed by atoms with E-state index in [4.69, 9.17) is 21.3 Å². The molecule has 0 bridgehead atoms. The highest BCUT2D eigenvalue weighted by atomic mass is 32.2. The summed E-state index contributed by atoms with van der Waals surface area (Å²) in [6.45, 7) is 7.14. The number of thiocarbonyl (C=S) groups is 1. The van der Waals surface area contributed by atoms with Crippen molar-refractivity contribution in [3.63, 3.8) is 0 Å².